The van der Waals surface area contributed by atoms with Crippen molar-refractivity contribution in [2.75, 3.05) is 11.9 Å². The van der Waals surface area contributed by atoms with E-state index in [2.05, 4.69) is 36.6 Å². The molecule has 1 aromatic carbocycles. The van der Waals surface area contributed by atoms with Crippen LogP contribution in [0.25, 0.3) is 10.9 Å². The quantitative estimate of drug-likeness (QED) is 0.453. The zero-order valence-corrected chi connectivity index (χ0v) is 16.1. The van der Waals surface area contributed by atoms with Crippen molar-refractivity contribution >= 4 is 22.6 Å². The summed E-state index contributed by atoms with van der Waals surface area (Å²) in [5.74, 6) is 0.950. The number of pyridine rings is 1. The molecule has 0 radical (unpaired) electrons. The number of hydrogen-bond acceptors (Lipinski definition) is 5. The van der Waals surface area contributed by atoms with E-state index in [1.165, 1.54) is 10.9 Å². The van der Waals surface area contributed by atoms with Crippen LogP contribution in [0.4, 0.5) is 5.82 Å². The van der Waals surface area contributed by atoms with Crippen LogP contribution in [0, 0.1) is 6.92 Å². The van der Waals surface area contributed by atoms with Gasteiger partial charge in [0, 0.05) is 48.6 Å². The molecule has 0 aliphatic heterocycles. The predicted molar refractivity (Wildman–Crippen MR) is 113 cm³/mol. The average Bonchev–Trinajstić information content (AvgIpc) is 3.16. The number of aromatic amines is 1. The Bertz CT molecular complexity index is 1120. The number of rotatable bonds is 7. The van der Waals surface area contributed by atoms with Crippen molar-refractivity contribution in [3.05, 3.63) is 83.7 Å². The van der Waals surface area contributed by atoms with E-state index in [1.807, 2.05) is 36.5 Å². The molecule has 3 heterocycles. The number of carbonyl (C=O) groups is 1. The Labute approximate surface area is 168 Å². The number of para-hydroxylation sites is 1. The number of H-pyrrole nitrogens is 1. The maximum Gasteiger partial charge on any atom is 0.270 e. The van der Waals surface area contributed by atoms with Gasteiger partial charge in [0.25, 0.3) is 5.91 Å². The van der Waals surface area contributed by atoms with Crippen LogP contribution in [-0.2, 0) is 13.0 Å². The Morgan fingerprint density at radius 3 is 2.90 bits per heavy atom. The standard InChI is InChI=1S/C22H22N6O/c1-15-27-20(11-21(28-15)26-13-16-5-4-9-23-12-16)22(29)24-10-8-17-14-25-19-7-3-2-6-18(17)19/h2-7,9,11-12,14,25H,8,10,13H2,1H3,(H,24,29)(H,26,27,28). The summed E-state index contributed by atoms with van der Waals surface area (Å²) in [4.78, 5) is 28.6. The van der Waals surface area contributed by atoms with Gasteiger partial charge in [-0.1, -0.05) is 24.3 Å². The topological polar surface area (TPSA) is 95.6 Å². The lowest BCUT2D eigenvalue weighted by atomic mass is 10.1. The Kier molecular flexibility index (Phi) is 5.47. The number of aryl methyl sites for hydroxylation is 1. The summed E-state index contributed by atoms with van der Waals surface area (Å²) in [7, 11) is 0. The SMILES string of the molecule is Cc1nc(NCc2cccnc2)cc(C(=O)NCCc2c[nH]c3ccccc23)n1. The Hall–Kier alpha value is -3.74. The zero-order valence-electron chi connectivity index (χ0n) is 16.1. The van der Waals surface area contributed by atoms with Crippen LogP contribution in [0.3, 0.4) is 0 Å². The van der Waals surface area contributed by atoms with E-state index in [1.54, 1.807) is 25.4 Å². The number of nitrogens with one attached hydrogen (secondary N) is 3. The van der Waals surface area contributed by atoms with Crippen molar-refractivity contribution in [3.63, 3.8) is 0 Å². The number of nitrogens with zero attached hydrogens (tertiary/aromatic N) is 3. The summed E-state index contributed by atoms with van der Waals surface area (Å²) in [6, 6.07) is 13.7. The molecule has 0 aliphatic carbocycles. The third kappa shape index (κ3) is 4.57. The molecule has 0 spiro atoms. The molecule has 0 aliphatic rings. The lowest BCUT2D eigenvalue weighted by molar-refractivity contribution is 0.0949. The van der Waals surface area contributed by atoms with Gasteiger partial charge in [0.05, 0.1) is 0 Å². The lowest BCUT2D eigenvalue weighted by Gasteiger charge is -2.09. The molecular formula is C22H22N6O. The summed E-state index contributed by atoms with van der Waals surface area (Å²) in [6.07, 6.45) is 6.26. The molecule has 7 nitrogen and oxygen atoms in total. The highest BCUT2D eigenvalue weighted by atomic mass is 16.1. The normalized spacial score (nSPS) is 10.8. The predicted octanol–water partition coefficient (Wildman–Crippen LogP) is 3.25. The van der Waals surface area contributed by atoms with Gasteiger partial charge < -0.3 is 15.6 Å². The van der Waals surface area contributed by atoms with Crippen LogP contribution in [0.15, 0.2) is 61.1 Å². The molecule has 4 aromatic rings. The Morgan fingerprint density at radius 1 is 1.14 bits per heavy atom. The van der Waals surface area contributed by atoms with E-state index in [-0.39, 0.29) is 5.91 Å². The molecule has 3 aromatic heterocycles. The highest BCUT2D eigenvalue weighted by molar-refractivity contribution is 5.93. The van der Waals surface area contributed by atoms with Crippen molar-refractivity contribution in [2.45, 2.75) is 19.9 Å². The van der Waals surface area contributed by atoms with Crippen LogP contribution < -0.4 is 10.6 Å². The minimum absolute atomic E-state index is 0.209. The molecule has 29 heavy (non-hydrogen) atoms. The fourth-order valence-corrected chi connectivity index (χ4v) is 3.21. The molecule has 0 fully saturated rings. The number of carbonyl (C=O) groups excluding carboxylic acids is 1. The maximum absolute atomic E-state index is 12.6. The summed E-state index contributed by atoms with van der Waals surface area (Å²) in [6.45, 7) is 2.88. The number of anilines is 1. The van der Waals surface area contributed by atoms with E-state index in [9.17, 15) is 4.79 Å². The zero-order chi connectivity index (χ0) is 20.1. The summed E-state index contributed by atoms with van der Waals surface area (Å²) in [5.41, 5.74) is 3.67. The third-order valence-electron chi connectivity index (χ3n) is 4.62. The number of hydrogen-bond donors (Lipinski definition) is 3. The van der Waals surface area contributed by atoms with Crippen LogP contribution in [0.5, 0.6) is 0 Å². The lowest BCUT2D eigenvalue weighted by Crippen LogP contribution is -2.27. The van der Waals surface area contributed by atoms with Crippen molar-refractivity contribution < 1.29 is 4.79 Å². The number of amides is 1. The van der Waals surface area contributed by atoms with Gasteiger partial charge in [-0.25, -0.2) is 9.97 Å². The first-order valence-electron chi connectivity index (χ1n) is 9.51. The smallest absolute Gasteiger partial charge is 0.270 e. The van der Waals surface area contributed by atoms with Gasteiger partial charge in [-0.15, -0.1) is 0 Å². The second kappa shape index (κ2) is 8.52. The first-order chi connectivity index (χ1) is 14.2. The van der Waals surface area contributed by atoms with E-state index >= 15 is 0 Å². The molecule has 0 unspecified atom stereocenters. The molecule has 0 saturated heterocycles. The van der Waals surface area contributed by atoms with Gasteiger partial charge >= 0.3 is 0 Å². The molecule has 3 N–H and O–H groups in total. The van der Waals surface area contributed by atoms with Crippen LogP contribution >= 0.6 is 0 Å². The molecule has 0 atom stereocenters. The first-order valence-corrected chi connectivity index (χ1v) is 9.51. The fourth-order valence-electron chi connectivity index (χ4n) is 3.21. The van der Waals surface area contributed by atoms with E-state index in [4.69, 9.17) is 0 Å². The van der Waals surface area contributed by atoms with Crippen LogP contribution in [-0.4, -0.2) is 32.4 Å². The first kappa shape index (κ1) is 18.6. The van der Waals surface area contributed by atoms with Gasteiger partial charge in [-0.2, -0.15) is 0 Å². The molecule has 4 rings (SSSR count). The molecular weight excluding hydrogens is 364 g/mol. The van der Waals surface area contributed by atoms with Crippen molar-refractivity contribution in [3.8, 4) is 0 Å². The Morgan fingerprint density at radius 2 is 2.03 bits per heavy atom. The van der Waals surface area contributed by atoms with Crippen LogP contribution in [0.2, 0.25) is 0 Å². The van der Waals surface area contributed by atoms with Gasteiger partial charge in [0.2, 0.25) is 0 Å². The second-order valence-corrected chi connectivity index (χ2v) is 6.77. The van der Waals surface area contributed by atoms with E-state index in [0.717, 1.165) is 17.5 Å². The van der Waals surface area contributed by atoms with Crippen molar-refractivity contribution in [1.82, 2.24) is 25.3 Å². The largest absolute Gasteiger partial charge is 0.366 e. The number of benzene rings is 1. The van der Waals surface area contributed by atoms with Gasteiger partial charge in [0.1, 0.15) is 17.3 Å². The monoisotopic (exact) mass is 386 g/mol. The third-order valence-corrected chi connectivity index (χ3v) is 4.62. The summed E-state index contributed by atoms with van der Waals surface area (Å²) in [5, 5.41) is 7.35. The number of fused-ring (bicyclic) bond motifs is 1. The summed E-state index contributed by atoms with van der Waals surface area (Å²) >= 11 is 0. The Balaban J connectivity index is 1.37. The van der Waals surface area contributed by atoms with E-state index in [0.29, 0.717) is 30.4 Å². The van der Waals surface area contributed by atoms with Crippen molar-refractivity contribution in [1.29, 1.82) is 0 Å². The van der Waals surface area contributed by atoms with Gasteiger partial charge in [-0.05, 0) is 36.6 Å². The maximum atomic E-state index is 12.6. The fraction of sp³-hybridized carbons (Fsp3) is 0.182. The second-order valence-electron chi connectivity index (χ2n) is 6.77. The minimum atomic E-state index is -0.209. The molecule has 1 amide bonds. The molecule has 7 heteroatoms. The van der Waals surface area contributed by atoms with E-state index < -0.39 is 0 Å². The van der Waals surface area contributed by atoms with Gasteiger partial charge in [-0.3, -0.25) is 9.78 Å². The van der Waals surface area contributed by atoms with Gasteiger partial charge in [0.15, 0.2) is 0 Å². The molecule has 0 bridgehead atoms. The number of aromatic nitrogens is 4. The summed E-state index contributed by atoms with van der Waals surface area (Å²) < 4.78 is 0. The highest BCUT2D eigenvalue weighted by Crippen LogP contribution is 2.17. The molecule has 0 saturated carbocycles. The minimum Gasteiger partial charge on any atom is -0.366 e. The van der Waals surface area contributed by atoms with Crippen LogP contribution in [0.1, 0.15) is 27.4 Å². The average molecular weight is 386 g/mol. The molecule has 146 valence electrons. The van der Waals surface area contributed by atoms with Crippen molar-refractivity contribution in [2.24, 2.45) is 0 Å². The highest BCUT2D eigenvalue weighted by Gasteiger charge is 2.11.